The van der Waals surface area contributed by atoms with E-state index in [0.717, 1.165) is 0 Å². The van der Waals surface area contributed by atoms with Crippen LogP contribution < -0.4 is 5.32 Å². The van der Waals surface area contributed by atoms with Crippen molar-refractivity contribution in [1.29, 1.82) is 0 Å². The summed E-state index contributed by atoms with van der Waals surface area (Å²) in [5.41, 5.74) is 0. The van der Waals surface area contributed by atoms with Crippen LogP contribution >= 0.6 is 0 Å². The summed E-state index contributed by atoms with van der Waals surface area (Å²) < 4.78 is 4.40. The molecule has 0 unspecified atom stereocenters. The van der Waals surface area contributed by atoms with Gasteiger partial charge in [0.05, 0.1) is 6.54 Å². The van der Waals surface area contributed by atoms with Crippen LogP contribution in [-0.4, -0.2) is 29.4 Å². The predicted octanol–water partition coefficient (Wildman–Crippen LogP) is 0.136. The van der Waals surface area contributed by atoms with E-state index in [-0.39, 0.29) is 6.09 Å². The molecule has 5 nitrogen and oxygen atoms in total. The Kier molecular flexibility index (Phi) is 2.98. The number of hydrogen-bond donors (Lipinski definition) is 2. The van der Waals surface area contributed by atoms with Gasteiger partial charge >= 0.3 is 6.09 Å². The first kappa shape index (κ1) is 7.59. The van der Waals surface area contributed by atoms with Crippen molar-refractivity contribution in [2.75, 3.05) is 13.2 Å². The fourth-order valence-corrected chi connectivity index (χ4v) is 0.563. The fraction of sp³-hybridized carbons (Fsp3) is 0.333. The number of rotatable bonds is 0. The molecule has 1 aromatic heterocycles. The molecule has 2 heterocycles. The Bertz CT molecular complexity index is 172. The highest BCUT2D eigenvalue weighted by molar-refractivity contribution is 5.68. The van der Waals surface area contributed by atoms with E-state index in [9.17, 15) is 4.79 Å². The quantitative estimate of drug-likeness (QED) is 0.559. The highest BCUT2D eigenvalue weighted by atomic mass is 16.6. The van der Waals surface area contributed by atoms with E-state index in [1.54, 1.807) is 12.4 Å². The van der Waals surface area contributed by atoms with Crippen molar-refractivity contribution >= 4 is 6.09 Å². The average molecular weight is 155 g/mol. The summed E-state index contributed by atoms with van der Waals surface area (Å²) in [7, 11) is 0. The molecule has 0 aromatic carbocycles. The molecule has 0 spiro atoms. The molecule has 0 saturated carbocycles. The lowest BCUT2D eigenvalue weighted by molar-refractivity contribution is 0.178. The first-order chi connectivity index (χ1) is 5.39. The van der Waals surface area contributed by atoms with Crippen LogP contribution in [0, 0.1) is 0 Å². The SMILES string of the molecule is O=C1NCCO1.c1cn[nH]c1. The minimum Gasteiger partial charge on any atom is -0.448 e. The number of aromatic nitrogens is 2. The van der Waals surface area contributed by atoms with E-state index in [1.165, 1.54) is 0 Å². The number of cyclic esters (lactones) is 1. The second kappa shape index (κ2) is 4.32. The number of H-pyrrole nitrogens is 1. The highest BCUT2D eigenvalue weighted by Crippen LogP contribution is 1.82. The number of hydrogen-bond acceptors (Lipinski definition) is 3. The number of amides is 1. The summed E-state index contributed by atoms with van der Waals surface area (Å²) in [6, 6.07) is 1.83. The summed E-state index contributed by atoms with van der Waals surface area (Å²) in [4.78, 5) is 9.91. The number of ether oxygens (including phenoxy) is 1. The van der Waals surface area contributed by atoms with Crippen LogP contribution in [0.3, 0.4) is 0 Å². The maximum Gasteiger partial charge on any atom is 0.407 e. The Morgan fingerprint density at radius 1 is 1.64 bits per heavy atom. The van der Waals surface area contributed by atoms with Crippen LogP contribution in [0.1, 0.15) is 0 Å². The Labute approximate surface area is 63.7 Å². The Balaban J connectivity index is 0.000000112. The maximum absolute atomic E-state index is 9.91. The third-order valence-corrected chi connectivity index (χ3v) is 1.01. The van der Waals surface area contributed by atoms with E-state index >= 15 is 0 Å². The third kappa shape index (κ3) is 3.24. The van der Waals surface area contributed by atoms with Gasteiger partial charge in [-0.15, -0.1) is 0 Å². The molecule has 60 valence electrons. The predicted molar refractivity (Wildman–Crippen MR) is 37.9 cm³/mol. The lowest BCUT2D eigenvalue weighted by Gasteiger charge is -1.80. The molecule has 1 aromatic rings. The van der Waals surface area contributed by atoms with Gasteiger partial charge in [-0.25, -0.2) is 4.79 Å². The van der Waals surface area contributed by atoms with Crippen molar-refractivity contribution in [2.45, 2.75) is 0 Å². The number of nitrogens with one attached hydrogen (secondary N) is 2. The molecule has 1 aliphatic heterocycles. The largest absolute Gasteiger partial charge is 0.448 e. The summed E-state index contributed by atoms with van der Waals surface area (Å²) in [6.45, 7) is 1.19. The van der Waals surface area contributed by atoms with Gasteiger partial charge < -0.3 is 10.1 Å². The third-order valence-electron chi connectivity index (χ3n) is 1.01. The highest BCUT2D eigenvalue weighted by Gasteiger charge is 2.06. The van der Waals surface area contributed by atoms with Gasteiger partial charge in [0.1, 0.15) is 6.61 Å². The summed E-state index contributed by atoms with van der Waals surface area (Å²) in [5.74, 6) is 0. The van der Waals surface area contributed by atoms with Crippen molar-refractivity contribution in [3.8, 4) is 0 Å². The minimum absolute atomic E-state index is 0.296. The summed E-state index contributed by atoms with van der Waals surface area (Å²) >= 11 is 0. The average Bonchev–Trinajstić information content (AvgIpc) is 2.57. The fourth-order valence-electron chi connectivity index (χ4n) is 0.563. The van der Waals surface area contributed by atoms with Gasteiger partial charge in [-0.2, -0.15) is 5.10 Å². The number of carbonyl (C=O) groups excluding carboxylic acids is 1. The zero-order chi connectivity index (χ0) is 7.94. The zero-order valence-corrected chi connectivity index (χ0v) is 5.91. The van der Waals surface area contributed by atoms with Crippen LogP contribution in [0.4, 0.5) is 4.79 Å². The van der Waals surface area contributed by atoms with E-state index in [0.29, 0.717) is 13.2 Å². The van der Waals surface area contributed by atoms with Crippen LogP contribution in [0.5, 0.6) is 0 Å². The summed E-state index contributed by atoms with van der Waals surface area (Å²) in [6.07, 6.45) is 3.16. The molecular formula is C6H9N3O2. The van der Waals surface area contributed by atoms with E-state index in [1.807, 2.05) is 6.07 Å². The van der Waals surface area contributed by atoms with E-state index < -0.39 is 0 Å². The van der Waals surface area contributed by atoms with Gasteiger partial charge in [-0.1, -0.05) is 0 Å². The lowest BCUT2D eigenvalue weighted by atomic mass is 10.7. The van der Waals surface area contributed by atoms with Crippen molar-refractivity contribution in [1.82, 2.24) is 15.5 Å². The molecule has 0 atom stereocenters. The van der Waals surface area contributed by atoms with E-state index in [4.69, 9.17) is 0 Å². The second-order valence-corrected chi connectivity index (χ2v) is 1.83. The number of carbonyl (C=O) groups is 1. The zero-order valence-electron chi connectivity index (χ0n) is 5.91. The van der Waals surface area contributed by atoms with Crippen LogP contribution in [0.2, 0.25) is 0 Å². The molecule has 1 amide bonds. The Morgan fingerprint density at radius 3 is 2.73 bits per heavy atom. The van der Waals surface area contributed by atoms with Gasteiger partial charge in [0.15, 0.2) is 0 Å². The van der Waals surface area contributed by atoms with Gasteiger partial charge in [-0.05, 0) is 6.07 Å². The standard InChI is InChI=1S/C3H4N2.C3H5NO2/c1-2-4-5-3-1;5-3-4-1-2-6-3/h1-3H,(H,4,5);1-2H2,(H,4,5). The van der Waals surface area contributed by atoms with Crippen molar-refractivity contribution < 1.29 is 9.53 Å². The van der Waals surface area contributed by atoms with Crippen LogP contribution in [0.15, 0.2) is 18.5 Å². The molecule has 0 aliphatic carbocycles. The molecule has 0 bridgehead atoms. The molecular weight excluding hydrogens is 146 g/mol. The molecule has 1 saturated heterocycles. The smallest absolute Gasteiger partial charge is 0.407 e. The molecule has 1 aliphatic rings. The molecule has 2 N–H and O–H groups in total. The first-order valence-electron chi connectivity index (χ1n) is 3.24. The van der Waals surface area contributed by atoms with Crippen molar-refractivity contribution in [3.63, 3.8) is 0 Å². The van der Waals surface area contributed by atoms with Gasteiger partial charge in [0, 0.05) is 12.4 Å². The normalized spacial score (nSPS) is 14.4. The number of aromatic amines is 1. The minimum atomic E-state index is -0.296. The molecule has 2 rings (SSSR count). The first-order valence-corrected chi connectivity index (χ1v) is 3.24. The van der Waals surface area contributed by atoms with Crippen molar-refractivity contribution in [2.24, 2.45) is 0 Å². The van der Waals surface area contributed by atoms with Gasteiger partial charge in [0.25, 0.3) is 0 Å². The summed E-state index contributed by atoms with van der Waals surface area (Å²) in [5, 5.41) is 8.67. The molecule has 1 fully saturated rings. The Hall–Kier alpha value is -1.52. The maximum atomic E-state index is 9.91. The second-order valence-electron chi connectivity index (χ2n) is 1.83. The lowest BCUT2D eigenvalue weighted by Crippen LogP contribution is -2.11. The number of nitrogens with zero attached hydrogens (tertiary/aromatic N) is 1. The molecule has 5 heteroatoms. The Morgan fingerprint density at radius 2 is 2.55 bits per heavy atom. The van der Waals surface area contributed by atoms with E-state index in [2.05, 4.69) is 20.3 Å². The van der Waals surface area contributed by atoms with Crippen molar-refractivity contribution in [3.05, 3.63) is 18.5 Å². The van der Waals surface area contributed by atoms with Gasteiger partial charge in [-0.3, -0.25) is 5.10 Å². The van der Waals surface area contributed by atoms with Crippen LogP contribution in [0.25, 0.3) is 0 Å². The topological polar surface area (TPSA) is 67.0 Å². The molecule has 0 radical (unpaired) electrons. The van der Waals surface area contributed by atoms with Crippen LogP contribution in [-0.2, 0) is 4.74 Å². The molecule has 11 heavy (non-hydrogen) atoms. The van der Waals surface area contributed by atoms with Gasteiger partial charge in [0.2, 0.25) is 0 Å². The monoisotopic (exact) mass is 155 g/mol. The number of alkyl carbamates (subject to hydrolysis) is 1.